The van der Waals surface area contributed by atoms with Gasteiger partial charge >= 0.3 is 5.97 Å². The molecule has 0 spiro atoms. The van der Waals surface area contributed by atoms with Crippen molar-refractivity contribution < 1.29 is 119 Å². The lowest BCUT2D eigenvalue weighted by Crippen LogP contribution is -2.69. The van der Waals surface area contributed by atoms with Crippen LogP contribution >= 0.6 is 0 Å². The highest BCUT2D eigenvalue weighted by Crippen LogP contribution is 2.37. The highest BCUT2D eigenvalue weighted by molar-refractivity contribution is 5.78. The summed E-state index contributed by atoms with van der Waals surface area (Å²) in [4.78, 5) is 36.8. The zero-order valence-electron chi connectivity index (χ0n) is 30.4. The van der Waals surface area contributed by atoms with Gasteiger partial charge in [0, 0.05) is 13.3 Å². The van der Waals surface area contributed by atoms with Crippen LogP contribution in [0.25, 0.3) is 0 Å². The van der Waals surface area contributed by atoms with Crippen molar-refractivity contribution in [3.63, 3.8) is 0 Å². The third-order valence-corrected chi connectivity index (χ3v) is 10.0. The smallest absolute Gasteiger partial charge is 0.364 e. The Labute approximate surface area is 322 Å². The van der Waals surface area contributed by atoms with Crippen molar-refractivity contribution in [3.05, 3.63) is 0 Å². The van der Waals surface area contributed by atoms with Crippen LogP contribution in [0.3, 0.4) is 0 Å². The number of ether oxygens (including phenoxy) is 7. The predicted octanol–water partition coefficient (Wildman–Crippen LogP) is -10.3. The Morgan fingerprint density at radius 3 is 2.00 bits per heavy atom. The molecule has 4 saturated heterocycles. The van der Waals surface area contributed by atoms with Gasteiger partial charge in [0.1, 0.15) is 92.0 Å². The minimum atomic E-state index is -3.00. The molecule has 0 bridgehead atoms. The Bertz CT molecular complexity index is 1350. The number of carboxylic acid groups (broad SMARTS) is 1. The van der Waals surface area contributed by atoms with E-state index in [-0.39, 0.29) is 0 Å². The summed E-state index contributed by atoms with van der Waals surface area (Å²) in [6.45, 7) is -1.90. The van der Waals surface area contributed by atoms with Gasteiger partial charge in [-0.3, -0.25) is 9.59 Å². The fraction of sp³-hybridized carbons (Fsp3) is 0.903. The molecule has 0 saturated carbocycles. The van der Waals surface area contributed by atoms with E-state index < -0.39 is 179 Å². The molecule has 0 aromatic rings. The van der Waals surface area contributed by atoms with Gasteiger partial charge in [-0.05, 0) is 6.92 Å². The van der Waals surface area contributed by atoms with E-state index >= 15 is 0 Å². The minimum absolute atomic E-state index is 0.771. The maximum absolute atomic E-state index is 12.7. The van der Waals surface area contributed by atoms with Crippen LogP contribution in [-0.2, 0) is 47.5 Å². The second-order valence-electron chi connectivity index (χ2n) is 14.1. The maximum Gasteiger partial charge on any atom is 0.364 e. The van der Waals surface area contributed by atoms with Gasteiger partial charge in [0.2, 0.25) is 11.8 Å². The van der Waals surface area contributed by atoms with Crippen molar-refractivity contribution in [3.8, 4) is 0 Å². The second-order valence-corrected chi connectivity index (χ2v) is 14.1. The topological polar surface area (TPSA) is 423 Å². The fourth-order valence-electron chi connectivity index (χ4n) is 6.86. The Morgan fingerprint density at radius 2 is 1.42 bits per heavy atom. The van der Waals surface area contributed by atoms with Gasteiger partial charge in [-0.2, -0.15) is 0 Å². The van der Waals surface area contributed by atoms with Gasteiger partial charge in [0.05, 0.1) is 38.1 Å². The molecule has 1 unspecified atom stereocenters. The van der Waals surface area contributed by atoms with Gasteiger partial charge in [-0.1, -0.05) is 0 Å². The molecule has 4 fully saturated rings. The van der Waals surface area contributed by atoms with Crippen molar-refractivity contribution in [1.29, 1.82) is 0 Å². The maximum atomic E-state index is 12.7. The number of carbonyl (C=O) groups is 3. The third kappa shape index (κ3) is 10.3. The van der Waals surface area contributed by atoms with Gasteiger partial charge in [0.15, 0.2) is 18.9 Å². The quantitative estimate of drug-likeness (QED) is 0.0728. The van der Waals surface area contributed by atoms with Crippen LogP contribution < -0.4 is 10.6 Å². The fourth-order valence-corrected chi connectivity index (χ4v) is 6.86. The molecule has 4 heterocycles. The number of nitrogens with one attached hydrogen (secondary N) is 2. The SMILES string of the molecule is CC(=O)N[C@H]1C(O)O[C@H](CO)[C@H](O)[C@@H]1O[C@@H]1O[C@H](CO[C@]2(C(=O)O)C[C@H](O)[C@@H](NC(=O)CO)[C@H]([C@H](O)[C@H](O)CO)O2)[C@H](O)[C@H](O)[C@H]1O[C@@H]1O[C@@H](C)[C@@H](O)[C@@H](O)[C@@H]1O. The lowest BCUT2D eigenvalue weighted by Gasteiger charge is -2.49. The summed E-state index contributed by atoms with van der Waals surface area (Å²) in [5.74, 6) is -6.86. The average Bonchev–Trinajstić information content (AvgIpc) is 3.17. The highest BCUT2D eigenvalue weighted by Gasteiger charge is 2.58. The minimum Gasteiger partial charge on any atom is -0.477 e. The lowest BCUT2D eigenvalue weighted by molar-refractivity contribution is -0.385. The summed E-state index contributed by atoms with van der Waals surface area (Å²) in [6.07, 6.45) is -35.3. The largest absolute Gasteiger partial charge is 0.477 e. The summed E-state index contributed by atoms with van der Waals surface area (Å²) in [5.41, 5.74) is 0. The first-order valence-corrected chi connectivity index (χ1v) is 17.7. The zero-order valence-corrected chi connectivity index (χ0v) is 30.4. The van der Waals surface area contributed by atoms with E-state index in [0.29, 0.717) is 0 Å². The molecular weight excluding hydrogens is 784 g/mol. The van der Waals surface area contributed by atoms with E-state index in [0.717, 1.165) is 6.92 Å². The first kappa shape index (κ1) is 47.3. The molecule has 2 amide bonds. The molecule has 0 aromatic heterocycles. The second kappa shape index (κ2) is 19.8. The first-order chi connectivity index (χ1) is 26.7. The van der Waals surface area contributed by atoms with E-state index in [9.17, 15) is 85.9 Å². The number of hydrogen-bond donors (Lipinski definition) is 16. The standard InChI is InChI=1S/C31H52N2O24/c1-8-17(41)21(45)23(47)28(52-8)56-26-22(46)19(43)13(54-29(26)55-24-16(32-9(2)37)27(48)53-12(5-35)20(24)44)7-51-31(30(49)50)3-10(38)15(33-14(40)6-36)25(57-31)18(42)11(39)4-34/h8,10-13,15-29,34-36,38-39,41-48H,3-7H2,1-2H3,(H,32,37)(H,33,40)(H,49,50)/t8-,10-,11+,12+,13+,15+,16+,17+,18+,19-,20-,21+,22-,23-,24+,25+,26+,27?,28-,29-,31+/m0/s1. The van der Waals surface area contributed by atoms with Crippen molar-refractivity contribution >= 4 is 17.8 Å². The number of carbonyl (C=O) groups excluding carboxylic acids is 2. The van der Waals surface area contributed by atoms with E-state index in [1.54, 1.807) is 0 Å². The molecule has 0 aromatic carbocycles. The van der Waals surface area contributed by atoms with Crippen molar-refractivity contribution in [2.45, 2.75) is 149 Å². The van der Waals surface area contributed by atoms with Gasteiger partial charge in [-0.25, -0.2) is 4.79 Å². The molecular formula is C31H52N2O24. The highest BCUT2D eigenvalue weighted by atomic mass is 16.8. The number of aliphatic hydroxyl groups is 13. The molecule has 4 aliphatic rings. The molecule has 21 atom stereocenters. The Balaban J connectivity index is 1.68. The molecule has 26 heteroatoms. The number of amides is 2. The molecule has 57 heavy (non-hydrogen) atoms. The normalized spacial score (nSPS) is 45.1. The Morgan fingerprint density at radius 1 is 0.772 bits per heavy atom. The van der Waals surface area contributed by atoms with Gasteiger partial charge in [0.25, 0.3) is 5.79 Å². The summed E-state index contributed by atoms with van der Waals surface area (Å²) in [7, 11) is 0. The van der Waals surface area contributed by atoms with Gasteiger partial charge < -0.3 is 115 Å². The summed E-state index contributed by atoms with van der Waals surface area (Å²) in [5, 5.41) is 150. The Kier molecular flexibility index (Phi) is 16.4. The van der Waals surface area contributed by atoms with Crippen LogP contribution in [0.15, 0.2) is 0 Å². The van der Waals surface area contributed by atoms with Crippen LogP contribution in [0, 0.1) is 0 Å². The molecule has 0 radical (unpaired) electrons. The van der Waals surface area contributed by atoms with Crippen LogP contribution in [0.4, 0.5) is 0 Å². The molecule has 330 valence electrons. The number of aliphatic hydroxyl groups excluding tert-OH is 13. The summed E-state index contributed by atoms with van der Waals surface area (Å²) < 4.78 is 39.2. The summed E-state index contributed by atoms with van der Waals surface area (Å²) in [6, 6.07) is -3.33. The zero-order chi connectivity index (χ0) is 42.7. The average molecular weight is 837 g/mol. The Hall–Kier alpha value is -2.39. The first-order valence-electron chi connectivity index (χ1n) is 17.7. The lowest BCUT2D eigenvalue weighted by atomic mass is 9.88. The van der Waals surface area contributed by atoms with E-state index in [2.05, 4.69) is 10.6 Å². The molecule has 4 aliphatic heterocycles. The van der Waals surface area contributed by atoms with E-state index in [1.165, 1.54) is 6.92 Å². The van der Waals surface area contributed by atoms with Crippen LogP contribution in [0.5, 0.6) is 0 Å². The van der Waals surface area contributed by atoms with E-state index in [1.807, 2.05) is 0 Å². The molecule has 4 rings (SSSR count). The number of carboxylic acids is 1. The number of aliphatic carboxylic acids is 1. The molecule has 16 N–H and O–H groups in total. The van der Waals surface area contributed by atoms with Crippen LogP contribution in [-0.4, -0.2) is 244 Å². The summed E-state index contributed by atoms with van der Waals surface area (Å²) >= 11 is 0. The van der Waals surface area contributed by atoms with Crippen LogP contribution in [0.1, 0.15) is 20.3 Å². The molecule has 0 aliphatic carbocycles. The van der Waals surface area contributed by atoms with Gasteiger partial charge in [-0.15, -0.1) is 0 Å². The van der Waals surface area contributed by atoms with Crippen molar-refractivity contribution in [2.24, 2.45) is 0 Å². The third-order valence-electron chi connectivity index (χ3n) is 10.0. The predicted molar refractivity (Wildman–Crippen MR) is 174 cm³/mol. The van der Waals surface area contributed by atoms with Crippen molar-refractivity contribution in [1.82, 2.24) is 10.6 Å². The van der Waals surface area contributed by atoms with Crippen LogP contribution in [0.2, 0.25) is 0 Å². The number of hydrogen-bond acceptors (Lipinski definition) is 23. The number of rotatable bonds is 15. The van der Waals surface area contributed by atoms with Crippen molar-refractivity contribution in [2.75, 3.05) is 26.4 Å². The molecule has 26 nitrogen and oxygen atoms in total. The monoisotopic (exact) mass is 836 g/mol. The van der Waals surface area contributed by atoms with E-state index in [4.69, 9.17) is 33.2 Å².